The highest BCUT2D eigenvalue weighted by molar-refractivity contribution is 9.10. The summed E-state index contributed by atoms with van der Waals surface area (Å²) in [6, 6.07) is 10.5. The lowest BCUT2D eigenvalue weighted by Crippen LogP contribution is -2.26. The van der Waals surface area contributed by atoms with Gasteiger partial charge in [0.2, 0.25) is 0 Å². The molecular weight excluding hydrogens is 428 g/mol. The number of ether oxygens (including phenoxy) is 3. The zero-order valence-electron chi connectivity index (χ0n) is 15.6. The van der Waals surface area contributed by atoms with Crippen LogP contribution in [-0.4, -0.2) is 35.8 Å². The highest BCUT2D eigenvalue weighted by atomic mass is 79.9. The van der Waals surface area contributed by atoms with Crippen LogP contribution in [0, 0.1) is 0 Å². The molecule has 1 atom stereocenters. The summed E-state index contributed by atoms with van der Waals surface area (Å²) in [6.45, 7) is 3.60. The summed E-state index contributed by atoms with van der Waals surface area (Å²) in [6.07, 6.45) is -0.801. The third-order valence-electron chi connectivity index (χ3n) is 4.04. The highest BCUT2D eigenvalue weighted by Crippen LogP contribution is 2.38. The van der Waals surface area contributed by atoms with Gasteiger partial charge in [-0.2, -0.15) is 0 Å². The topological polar surface area (TPSA) is 90.5 Å². The Morgan fingerprint density at radius 2 is 2.00 bits per heavy atom. The van der Waals surface area contributed by atoms with Gasteiger partial charge in [-0.15, -0.1) is 0 Å². The van der Waals surface area contributed by atoms with E-state index in [4.69, 9.17) is 14.2 Å². The van der Waals surface area contributed by atoms with Crippen LogP contribution >= 0.6 is 15.9 Å². The van der Waals surface area contributed by atoms with Crippen LogP contribution in [0.3, 0.4) is 0 Å². The summed E-state index contributed by atoms with van der Waals surface area (Å²) < 4.78 is 16.7. The minimum absolute atomic E-state index is 0.234. The molecule has 0 aliphatic carbocycles. The van der Waals surface area contributed by atoms with Gasteiger partial charge in [-0.3, -0.25) is 4.79 Å². The Morgan fingerprint density at radius 1 is 1.25 bits per heavy atom. The fourth-order valence-corrected chi connectivity index (χ4v) is 3.19. The predicted molar refractivity (Wildman–Crippen MR) is 109 cm³/mol. The lowest BCUT2D eigenvalue weighted by Gasteiger charge is -2.17. The fraction of sp³-hybridized carbons (Fsp3) is 0.250. The van der Waals surface area contributed by atoms with Gasteiger partial charge in [0.25, 0.3) is 5.56 Å². The van der Waals surface area contributed by atoms with E-state index in [2.05, 4.69) is 25.9 Å². The van der Waals surface area contributed by atoms with Crippen molar-refractivity contribution in [3.05, 3.63) is 51.2 Å². The molecule has 0 saturated heterocycles. The summed E-state index contributed by atoms with van der Waals surface area (Å²) in [5.41, 5.74) is 0.974. The number of aromatic nitrogens is 2. The van der Waals surface area contributed by atoms with Crippen molar-refractivity contribution in [2.75, 3.05) is 13.7 Å². The number of para-hydroxylation sites is 1. The van der Waals surface area contributed by atoms with E-state index in [0.717, 1.165) is 0 Å². The van der Waals surface area contributed by atoms with Crippen LogP contribution in [0.2, 0.25) is 0 Å². The van der Waals surface area contributed by atoms with Crippen molar-refractivity contribution in [2.45, 2.75) is 20.0 Å². The molecule has 0 spiro atoms. The van der Waals surface area contributed by atoms with E-state index in [1.54, 1.807) is 44.2 Å². The zero-order valence-corrected chi connectivity index (χ0v) is 17.2. The summed E-state index contributed by atoms with van der Waals surface area (Å²) >= 11 is 3.48. The molecule has 8 heteroatoms. The van der Waals surface area contributed by atoms with Crippen molar-refractivity contribution >= 4 is 32.8 Å². The van der Waals surface area contributed by atoms with Gasteiger partial charge in [0.15, 0.2) is 17.6 Å². The third kappa shape index (κ3) is 4.01. The number of aromatic amines is 1. The molecule has 0 aliphatic heterocycles. The molecule has 3 rings (SSSR count). The van der Waals surface area contributed by atoms with Crippen LogP contribution in [0.15, 0.2) is 45.7 Å². The average molecular weight is 447 g/mol. The van der Waals surface area contributed by atoms with Gasteiger partial charge in [-0.1, -0.05) is 12.1 Å². The van der Waals surface area contributed by atoms with Crippen molar-refractivity contribution in [1.82, 2.24) is 9.97 Å². The lowest BCUT2D eigenvalue weighted by molar-refractivity contribution is -0.150. The minimum atomic E-state index is -0.801. The van der Waals surface area contributed by atoms with E-state index in [9.17, 15) is 9.59 Å². The number of halogens is 1. The van der Waals surface area contributed by atoms with Gasteiger partial charge in [0.1, 0.15) is 5.82 Å². The molecule has 1 N–H and O–H groups in total. The largest absolute Gasteiger partial charge is 0.493 e. The molecule has 28 heavy (non-hydrogen) atoms. The quantitative estimate of drug-likeness (QED) is 0.580. The number of fused-ring (bicyclic) bond motifs is 1. The molecule has 2 aromatic carbocycles. The number of methoxy groups -OCH3 is 1. The first kappa shape index (κ1) is 19.9. The van der Waals surface area contributed by atoms with Crippen LogP contribution in [-0.2, 0) is 9.53 Å². The Morgan fingerprint density at radius 3 is 2.71 bits per heavy atom. The number of nitrogens with one attached hydrogen (secondary N) is 1. The summed E-state index contributed by atoms with van der Waals surface area (Å²) in [4.78, 5) is 31.5. The lowest BCUT2D eigenvalue weighted by atomic mass is 10.1. The van der Waals surface area contributed by atoms with Crippen LogP contribution in [0.5, 0.6) is 11.5 Å². The molecule has 1 unspecified atom stereocenters. The Labute approximate surface area is 169 Å². The van der Waals surface area contributed by atoms with E-state index in [0.29, 0.717) is 38.3 Å². The Bertz CT molecular complexity index is 1080. The fourth-order valence-electron chi connectivity index (χ4n) is 2.68. The minimum Gasteiger partial charge on any atom is -0.493 e. The molecule has 1 aromatic heterocycles. The number of hydrogen-bond donors (Lipinski definition) is 1. The SMILES string of the molecule is CCOC(=O)C(C)Oc1cc(Br)c(-c2nc3ccccc3c(=O)[nH]2)cc1OC. The molecule has 0 saturated carbocycles. The van der Waals surface area contributed by atoms with E-state index in [1.165, 1.54) is 7.11 Å². The number of carbonyl (C=O) groups excluding carboxylic acids is 1. The molecule has 0 bridgehead atoms. The first-order chi connectivity index (χ1) is 13.4. The number of carbonyl (C=O) groups is 1. The van der Waals surface area contributed by atoms with Crippen molar-refractivity contribution in [2.24, 2.45) is 0 Å². The third-order valence-corrected chi connectivity index (χ3v) is 4.70. The zero-order chi connectivity index (χ0) is 20.3. The van der Waals surface area contributed by atoms with Crippen LogP contribution in [0.25, 0.3) is 22.3 Å². The number of nitrogens with zero attached hydrogens (tertiary/aromatic N) is 1. The average Bonchev–Trinajstić information content (AvgIpc) is 2.68. The number of rotatable bonds is 6. The number of hydrogen-bond acceptors (Lipinski definition) is 6. The van der Waals surface area contributed by atoms with Gasteiger partial charge >= 0.3 is 5.97 Å². The molecule has 0 amide bonds. The maximum Gasteiger partial charge on any atom is 0.347 e. The molecule has 0 fully saturated rings. The van der Waals surface area contributed by atoms with E-state index >= 15 is 0 Å². The molecule has 146 valence electrons. The van der Waals surface area contributed by atoms with E-state index < -0.39 is 12.1 Å². The van der Waals surface area contributed by atoms with Gasteiger partial charge in [0.05, 0.1) is 24.6 Å². The monoisotopic (exact) mass is 446 g/mol. The number of H-pyrrole nitrogens is 1. The maximum absolute atomic E-state index is 12.4. The first-order valence-electron chi connectivity index (χ1n) is 8.64. The number of esters is 1. The summed E-state index contributed by atoms with van der Waals surface area (Å²) in [7, 11) is 1.49. The highest BCUT2D eigenvalue weighted by Gasteiger charge is 2.20. The normalized spacial score (nSPS) is 11.9. The van der Waals surface area contributed by atoms with Crippen LogP contribution < -0.4 is 15.0 Å². The second-order valence-corrected chi connectivity index (χ2v) is 6.78. The molecule has 1 heterocycles. The molecule has 3 aromatic rings. The maximum atomic E-state index is 12.4. The Balaban J connectivity index is 2.02. The number of benzene rings is 2. The molecule has 0 aliphatic rings. The Hall–Kier alpha value is -2.87. The van der Waals surface area contributed by atoms with Gasteiger partial charge in [-0.05, 0) is 54.0 Å². The molecule has 7 nitrogen and oxygen atoms in total. The van der Waals surface area contributed by atoms with Crippen molar-refractivity contribution in [3.63, 3.8) is 0 Å². The van der Waals surface area contributed by atoms with Gasteiger partial charge in [-0.25, -0.2) is 9.78 Å². The smallest absolute Gasteiger partial charge is 0.347 e. The second-order valence-electron chi connectivity index (χ2n) is 5.93. The van der Waals surface area contributed by atoms with Crippen molar-refractivity contribution in [3.8, 4) is 22.9 Å². The van der Waals surface area contributed by atoms with E-state index in [-0.39, 0.29) is 12.2 Å². The van der Waals surface area contributed by atoms with Gasteiger partial charge in [0, 0.05) is 10.0 Å². The molecular formula is C20H19BrN2O5. The van der Waals surface area contributed by atoms with Crippen LogP contribution in [0.1, 0.15) is 13.8 Å². The Kier molecular flexibility index (Phi) is 5.99. The predicted octanol–water partition coefficient (Wildman–Crippen LogP) is 3.69. The van der Waals surface area contributed by atoms with Crippen molar-refractivity contribution in [1.29, 1.82) is 0 Å². The van der Waals surface area contributed by atoms with Crippen LogP contribution in [0.4, 0.5) is 0 Å². The van der Waals surface area contributed by atoms with Crippen molar-refractivity contribution < 1.29 is 19.0 Å². The van der Waals surface area contributed by atoms with E-state index in [1.807, 2.05) is 6.07 Å². The molecule has 0 radical (unpaired) electrons. The first-order valence-corrected chi connectivity index (χ1v) is 9.44. The summed E-state index contributed by atoms with van der Waals surface area (Å²) in [5.74, 6) is 0.677. The summed E-state index contributed by atoms with van der Waals surface area (Å²) in [5, 5.41) is 0.512. The van der Waals surface area contributed by atoms with Gasteiger partial charge < -0.3 is 19.2 Å². The second kappa shape index (κ2) is 8.43. The standard InChI is InChI=1S/C20H19BrN2O5/c1-4-27-20(25)11(2)28-17-10-14(21)13(9-16(17)26-3)18-22-15-8-6-5-7-12(15)19(24)23-18/h5-11H,4H2,1-3H3,(H,22,23,24).